The van der Waals surface area contributed by atoms with E-state index in [1.165, 1.54) is 0 Å². The Morgan fingerprint density at radius 3 is 2.70 bits per heavy atom. The van der Waals surface area contributed by atoms with Gasteiger partial charge in [0.2, 0.25) is 0 Å². The molecule has 0 fully saturated rings. The van der Waals surface area contributed by atoms with E-state index in [1.54, 1.807) is 25.4 Å². The fourth-order valence-corrected chi connectivity index (χ4v) is 2.45. The van der Waals surface area contributed by atoms with E-state index in [9.17, 15) is 4.79 Å². The number of nitrogens with one attached hydrogen (secondary N) is 1. The smallest absolute Gasteiger partial charge is 0.275 e. The molecule has 0 aliphatic carbocycles. The van der Waals surface area contributed by atoms with E-state index in [-0.39, 0.29) is 5.91 Å². The van der Waals surface area contributed by atoms with Crippen molar-refractivity contribution in [3.8, 4) is 5.75 Å². The Balaban J connectivity index is 2.32. The van der Waals surface area contributed by atoms with E-state index in [4.69, 9.17) is 4.74 Å². The highest BCUT2D eigenvalue weighted by Gasteiger charge is 2.14. The van der Waals surface area contributed by atoms with Crippen LogP contribution in [0.3, 0.4) is 0 Å². The van der Waals surface area contributed by atoms with Crippen LogP contribution in [0.15, 0.2) is 34.9 Å². The summed E-state index contributed by atoms with van der Waals surface area (Å²) < 4.78 is 6.01. The van der Waals surface area contributed by atoms with E-state index in [2.05, 4.69) is 26.2 Å². The van der Waals surface area contributed by atoms with E-state index < -0.39 is 0 Å². The van der Waals surface area contributed by atoms with Crippen LogP contribution < -0.4 is 10.1 Å². The van der Waals surface area contributed by atoms with Gasteiger partial charge in [0.05, 0.1) is 7.11 Å². The van der Waals surface area contributed by atoms with E-state index >= 15 is 0 Å². The third kappa shape index (κ3) is 2.82. The van der Waals surface area contributed by atoms with Gasteiger partial charge in [-0.25, -0.2) is 4.98 Å². The number of aryl methyl sites for hydroxylation is 1. The van der Waals surface area contributed by atoms with Gasteiger partial charge in [0.1, 0.15) is 11.4 Å². The Kier molecular flexibility index (Phi) is 4.39. The molecule has 0 bridgehead atoms. The molecular formula is C15H15BrN2O2. The number of carbonyl (C=O) groups is 1. The summed E-state index contributed by atoms with van der Waals surface area (Å²) in [6, 6.07) is 7.32. The van der Waals surface area contributed by atoms with Gasteiger partial charge in [-0.15, -0.1) is 0 Å². The lowest BCUT2D eigenvalue weighted by molar-refractivity contribution is 0.102. The molecule has 20 heavy (non-hydrogen) atoms. The molecule has 0 aliphatic heterocycles. The summed E-state index contributed by atoms with van der Waals surface area (Å²) in [7, 11) is 1.62. The zero-order valence-corrected chi connectivity index (χ0v) is 13.1. The molecule has 1 amide bonds. The standard InChI is InChI=1S/C15H15BrN2O2/c1-9-6-7-12(10(2)14(9)20-3)18-15(19)13-11(16)5-4-8-17-13/h4-8H,1-3H3,(H,18,19). The number of ether oxygens (including phenoxy) is 1. The molecule has 104 valence electrons. The molecule has 0 saturated carbocycles. The molecule has 2 rings (SSSR count). The zero-order chi connectivity index (χ0) is 14.7. The Labute approximate surface area is 126 Å². The van der Waals surface area contributed by atoms with Crippen LogP contribution in [0.25, 0.3) is 0 Å². The second kappa shape index (κ2) is 6.05. The first-order chi connectivity index (χ1) is 9.54. The number of pyridine rings is 1. The molecule has 5 heteroatoms. The predicted octanol–water partition coefficient (Wildman–Crippen LogP) is 3.72. The van der Waals surface area contributed by atoms with Crippen LogP contribution in [-0.2, 0) is 0 Å². The third-order valence-electron chi connectivity index (χ3n) is 3.03. The maximum Gasteiger partial charge on any atom is 0.275 e. The van der Waals surface area contributed by atoms with Gasteiger partial charge >= 0.3 is 0 Å². The summed E-state index contributed by atoms with van der Waals surface area (Å²) in [4.78, 5) is 16.3. The lowest BCUT2D eigenvalue weighted by atomic mass is 10.1. The number of amides is 1. The molecule has 0 radical (unpaired) electrons. The summed E-state index contributed by atoms with van der Waals surface area (Å²) in [5, 5.41) is 2.86. The van der Waals surface area contributed by atoms with Gasteiger partial charge in [-0.3, -0.25) is 4.79 Å². The largest absolute Gasteiger partial charge is 0.496 e. The predicted molar refractivity (Wildman–Crippen MR) is 82.4 cm³/mol. The quantitative estimate of drug-likeness (QED) is 0.930. The van der Waals surface area contributed by atoms with Crippen LogP contribution in [0.4, 0.5) is 5.69 Å². The summed E-state index contributed by atoms with van der Waals surface area (Å²) >= 11 is 3.32. The van der Waals surface area contributed by atoms with Crippen molar-refractivity contribution in [2.75, 3.05) is 12.4 Å². The van der Waals surface area contributed by atoms with Crippen LogP contribution in [0.2, 0.25) is 0 Å². The summed E-state index contributed by atoms with van der Waals surface area (Å²) in [6.45, 7) is 3.88. The Morgan fingerprint density at radius 2 is 2.05 bits per heavy atom. The van der Waals surface area contributed by atoms with Crippen LogP contribution in [0.1, 0.15) is 21.6 Å². The first-order valence-corrected chi connectivity index (χ1v) is 6.90. The minimum Gasteiger partial charge on any atom is -0.496 e. The Bertz CT molecular complexity index is 656. The number of rotatable bonds is 3. The number of nitrogens with zero attached hydrogens (tertiary/aromatic N) is 1. The molecule has 1 heterocycles. The molecular weight excluding hydrogens is 320 g/mol. The summed E-state index contributed by atoms with van der Waals surface area (Å²) in [5.74, 6) is 0.523. The molecule has 1 aromatic heterocycles. The lowest BCUT2D eigenvalue weighted by Gasteiger charge is -2.14. The number of hydrogen-bond donors (Lipinski definition) is 1. The van der Waals surface area contributed by atoms with Gasteiger partial charge in [-0.05, 0) is 53.5 Å². The first-order valence-electron chi connectivity index (χ1n) is 6.10. The SMILES string of the molecule is COc1c(C)ccc(NC(=O)c2ncccc2Br)c1C. The molecule has 2 aromatic rings. The molecule has 0 aliphatic rings. The van der Waals surface area contributed by atoms with E-state index in [1.807, 2.05) is 26.0 Å². The average molecular weight is 335 g/mol. The minimum absolute atomic E-state index is 0.258. The fourth-order valence-electron chi connectivity index (χ4n) is 2.01. The van der Waals surface area contributed by atoms with Crippen molar-refractivity contribution in [3.05, 3.63) is 51.8 Å². The van der Waals surface area contributed by atoms with Crippen LogP contribution in [-0.4, -0.2) is 18.0 Å². The number of aromatic nitrogens is 1. The molecule has 0 unspecified atom stereocenters. The van der Waals surface area contributed by atoms with Gasteiger partial charge in [0.15, 0.2) is 0 Å². The van der Waals surface area contributed by atoms with Crippen LogP contribution in [0, 0.1) is 13.8 Å². The number of carbonyl (C=O) groups excluding carboxylic acids is 1. The number of halogens is 1. The fraction of sp³-hybridized carbons (Fsp3) is 0.200. The number of anilines is 1. The van der Waals surface area contributed by atoms with Crippen molar-refractivity contribution >= 4 is 27.5 Å². The maximum atomic E-state index is 12.2. The van der Waals surface area contributed by atoms with E-state index in [0.717, 1.165) is 22.6 Å². The second-order valence-electron chi connectivity index (χ2n) is 4.38. The average Bonchev–Trinajstić information content (AvgIpc) is 2.43. The highest BCUT2D eigenvalue weighted by Crippen LogP contribution is 2.29. The second-order valence-corrected chi connectivity index (χ2v) is 5.23. The highest BCUT2D eigenvalue weighted by molar-refractivity contribution is 9.10. The van der Waals surface area contributed by atoms with E-state index in [0.29, 0.717) is 10.2 Å². The summed E-state index contributed by atoms with van der Waals surface area (Å²) in [6.07, 6.45) is 1.59. The van der Waals surface area contributed by atoms with Crippen LogP contribution in [0.5, 0.6) is 5.75 Å². The van der Waals surface area contributed by atoms with Crippen molar-refractivity contribution in [1.82, 2.24) is 4.98 Å². The van der Waals surface area contributed by atoms with Gasteiger partial charge in [0.25, 0.3) is 5.91 Å². The highest BCUT2D eigenvalue weighted by atomic mass is 79.9. The third-order valence-corrected chi connectivity index (χ3v) is 3.67. The van der Waals surface area contributed by atoms with Gasteiger partial charge in [0, 0.05) is 21.9 Å². The Hall–Kier alpha value is -1.88. The Morgan fingerprint density at radius 1 is 1.30 bits per heavy atom. The van der Waals surface area contributed by atoms with Crippen molar-refractivity contribution in [3.63, 3.8) is 0 Å². The van der Waals surface area contributed by atoms with Crippen molar-refractivity contribution in [2.45, 2.75) is 13.8 Å². The molecule has 0 spiro atoms. The molecule has 1 aromatic carbocycles. The van der Waals surface area contributed by atoms with Gasteiger partial charge < -0.3 is 10.1 Å². The summed E-state index contributed by atoms with van der Waals surface area (Å²) in [5.41, 5.74) is 3.00. The monoisotopic (exact) mass is 334 g/mol. The van der Waals surface area contributed by atoms with Gasteiger partial charge in [-0.1, -0.05) is 6.07 Å². The van der Waals surface area contributed by atoms with Gasteiger partial charge in [-0.2, -0.15) is 0 Å². The van der Waals surface area contributed by atoms with Crippen molar-refractivity contribution in [1.29, 1.82) is 0 Å². The topological polar surface area (TPSA) is 51.2 Å². The maximum absolute atomic E-state index is 12.2. The lowest BCUT2D eigenvalue weighted by Crippen LogP contribution is -2.15. The zero-order valence-electron chi connectivity index (χ0n) is 11.5. The number of methoxy groups -OCH3 is 1. The number of benzene rings is 1. The normalized spacial score (nSPS) is 10.2. The minimum atomic E-state index is -0.258. The number of hydrogen-bond acceptors (Lipinski definition) is 3. The molecule has 0 saturated heterocycles. The van der Waals surface area contributed by atoms with Crippen molar-refractivity contribution < 1.29 is 9.53 Å². The van der Waals surface area contributed by atoms with Crippen LogP contribution >= 0.6 is 15.9 Å². The molecule has 1 N–H and O–H groups in total. The molecule has 0 atom stereocenters. The first kappa shape index (κ1) is 14.5. The molecule has 4 nitrogen and oxygen atoms in total. The van der Waals surface area contributed by atoms with Crippen molar-refractivity contribution in [2.24, 2.45) is 0 Å².